The lowest BCUT2D eigenvalue weighted by molar-refractivity contribution is -0.135. The zero-order chi connectivity index (χ0) is 54.6. The van der Waals surface area contributed by atoms with E-state index in [0.29, 0.717) is 53.9 Å². The molecule has 0 radical (unpaired) electrons. The molecule has 4 heterocycles. The molecular weight excluding hydrogens is 993 g/mol. The number of aliphatic hydroxyl groups is 4. The van der Waals surface area contributed by atoms with Crippen molar-refractivity contribution in [3.05, 3.63) is 140 Å². The lowest BCUT2D eigenvalue weighted by atomic mass is 9.65. The molecule has 13 heteroatoms. The van der Waals surface area contributed by atoms with Crippen LogP contribution in [-0.4, -0.2) is 96.2 Å². The molecule has 10 N–H and O–H groups in total. The van der Waals surface area contributed by atoms with Crippen LogP contribution < -0.4 is 15.4 Å². The van der Waals surface area contributed by atoms with E-state index in [1.54, 1.807) is 36.4 Å². The minimum absolute atomic E-state index is 0.0637. The van der Waals surface area contributed by atoms with Gasteiger partial charge in [-0.25, -0.2) is 0 Å². The van der Waals surface area contributed by atoms with Crippen molar-refractivity contribution in [3.63, 3.8) is 0 Å². The number of phenolic OH excluding ortho intramolecular Hbond substituents is 2. The number of rotatable bonds is 8. The maximum Gasteiger partial charge on any atom is 0.163 e. The van der Waals surface area contributed by atoms with E-state index in [4.69, 9.17) is 4.74 Å². The normalized spacial score (nSPS) is 29.3. The van der Waals surface area contributed by atoms with Gasteiger partial charge in [0.25, 0.3) is 0 Å². The fraction of sp³-hybridized carbons (Fsp3) is 0.485. The van der Waals surface area contributed by atoms with Crippen molar-refractivity contribution in [2.24, 2.45) is 23.2 Å². The average Bonchev–Trinajstić information content (AvgIpc) is 4.41. The SMILES string of the molecule is CNC[C@@H]1C#C[C@@H]2Nc3[nH]ccc3Cc3cc(ccc3[C@@]3(CCC4(CCCC4)C3)[C@@H]1O)[C@@H](O)c1cc(cc(OC3CCCC3)c1O)CCC(=O)[C@H](CCO)C(=O)[C@H]1C2=Cc2[nH]ccc2[C@@H]1C[C@@]1(O)C=Cc2c(O)cccc2CC1. The van der Waals surface area contributed by atoms with Gasteiger partial charge in [-0.05, 0) is 183 Å². The first-order valence-corrected chi connectivity index (χ1v) is 29.2. The number of nitrogens with one attached hydrogen (secondary N) is 4. The summed E-state index contributed by atoms with van der Waals surface area (Å²) in [5.41, 5.74) is 5.87. The van der Waals surface area contributed by atoms with Crippen molar-refractivity contribution < 1.29 is 45.0 Å². The summed E-state index contributed by atoms with van der Waals surface area (Å²) in [6, 6.07) is 18.1. The summed E-state index contributed by atoms with van der Waals surface area (Å²) in [6.45, 7) is -0.0661. The topological polar surface area (TPSA) is 220 Å². The minimum Gasteiger partial charge on any atom is -0.507 e. The largest absolute Gasteiger partial charge is 0.507 e. The van der Waals surface area contributed by atoms with Crippen LogP contribution in [0.2, 0.25) is 0 Å². The molecule has 0 amide bonds. The van der Waals surface area contributed by atoms with E-state index in [2.05, 4.69) is 44.6 Å². The van der Waals surface area contributed by atoms with Crippen LogP contribution in [0.3, 0.4) is 0 Å². The van der Waals surface area contributed by atoms with Crippen molar-refractivity contribution in [2.75, 3.05) is 25.5 Å². The third-order valence-electron chi connectivity index (χ3n) is 19.6. The predicted molar refractivity (Wildman–Crippen MR) is 304 cm³/mol. The number of H-pyrrole nitrogens is 2. The van der Waals surface area contributed by atoms with Crippen LogP contribution in [0.25, 0.3) is 12.2 Å². The molecule has 9 atom stereocenters. The number of aryl methyl sites for hydroxylation is 2. The Balaban J connectivity index is 1.07. The van der Waals surface area contributed by atoms with E-state index in [1.165, 1.54) is 0 Å². The molecule has 2 spiro atoms. The summed E-state index contributed by atoms with van der Waals surface area (Å²) >= 11 is 0. The van der Waals surface area contributed by atoms with Gasteiger partial charge in [-0.2, -0.15) is 0 Å². The Morgan fingerprint density at radius 2 is 1.66 bits per heavy atom. The van der Waals surface area contributed by atoms with Gasteiger partial charge in [0.15, 0.2) is 17.3 Å². The van der Waals surface area contributed by atoms with Crippen LogP contribution in [0, 0.1) is 35.0 Å². The van der Waals surface area contributed by atoms with Gasteiger partial charge in [-0.3, -0.25) is 9.59 Å². The quantitative estimate of drug-likeness (QED) is 0.0521. The maximum atomic E-state index is 16.3. The summed E-state index contributed by atoms with van der Waals surface area (Å²) in [6.07, 6.45) is 18.7. The number of benzene rings is 3. The predicted octanol–water partition coefficient (Wildman–Crippen LogP) is 9.38. The third-order valence-corrected chi connectivity index (χ3v) is 19.6. The average molecular weight is 1070 g/mol. The number of aromatic amines is 2. The first-order valence-electron chi connectivity index (χ1n) is 29.2. The van der Waals surface area contributed by atoms with E-state index in [0.717, 1.165) is 104 Å². The Morgan fingerprint density at radius 1 is 0.835 bits per heavy atom. The molecule has 5 bridgehead atoms. The maximum absolute atomic E-state index is 16.3. The molecule has 7 aliphatic rings. The molecule has 414 valence electrons. The second kappa shape index (κ2) is 21.6. The minimum atomic E-state index is -1.47. The monoisotopic (exact) mass is 1070 g/mol. The van der Waals surface area contributed by atoms with E-state index in [9.17, 15) is 30.6 Å². The molecule has 3 saturated carbocycles. The summed E-state index contributed by atoms with van der Waals surface area (Å²) in [7, 11) is 1.87. The molecule has 3 fully saturated rings. The van der Waals surface area contributed by atoms with Gasteiger partial charge in [-0.15, -0.1) is 0 Å². The second-order valence-corrected chi connectivity index (χ2v) is 24.4. The zero-order valence-electron chi connectivity index (χ0n) is 45.3. The van der Waals surface area contributed by atoms with E-state index < -0.39 is 65.3 Å². The molecule has 2 aromatic heterocycles. The number of aromatic hydroxyl groups is 2. The fourth-order valence-electron chi connectivity index (χ4n) is 15.6. The van der Waals surface area contributed by atoms with Crippen LogP contribution >= 0.6 is 0 Å². The number of aromatic nitrogens is 2. The lowest BCUT2D eigenvalue weighted by Crippen LogP contribution is -2.46. The molecule has 0 unspecified atom stereocenters. The Labute approximate surface area is 463 Å². The second-order valence-electron chi connectivity index (χ2n) is 24.4. The van der Waals surface area contributed by atoms with Gasteiger partial charge in [0.2, 0.25) is 0 Å². The Morgan fingerprint density at radius 3 is 2.47 bits per heavy atom. The Kier molecular flexibility index (Phi) is 14.5. The van der Waals surface area contributed by atoms with Crippen molar-refractivity contribution in [1.82, 2.24) is 15.3 Å². The Bertz CT molecular complexity index is 3260. The molecule has 12 rings (SSSR count). The summed E-state index contributed by atoms with van der Waals surface area (Å²) < 4.78 is 6.54. The van der Waals surface area contributed by atoms with Crippen molar-refractivity contribution in [2.45, 2.75) is 157 Å². The number of carbonyl (C=O) groups excluding carboxylic acids is 2. The standard InChI is InChI=1S/C66H76N4O9/c1-67-37-43-13-15-53-49-35-54-47(20-29-68-54)51(36-65(78)24-17-40-7-6-10-55(72)46(40)18-25-65)58(49)61(76)48(21-30-71)56(73)16-11-39-31-50(60(75)57(32-39)79-45-8-2-3-9-45)59(74)41-12-14-52(44(33-41)34-42-19-28-69-63(42)70-53)66(62(43)77)27-26-64(38-66)22-4-5-23-64/h6-7,10,12,14,18-20,25,28-29,31-33,35,43,45,48,51,53,58-59,62,67-72,74-75,77-78H,2-5,8-9,11,16-17,21-24,26-27,30,34,36-38H2,1H3/t43-,48-,51-,53-,58-,59+,62+,65-,66-/m0/s1. The molecule has 13 nitrogen and oxygen atoms in total. The lowest BCUT2D eigenvalue weighted by Gasteiger charge is -2.41. The van der Waals surface area contributed by atoms with Gasteiger partial charge in [0, 0.05) is 72.5 Å². The van der Waals surface area contributed by atoms with Gasteiger partial charge < -0.3 is 56.0 Å². The first kappa shape index (κ1) is 53.3. The highest BCUT2D eigenvalue weighted by Gasteiger charge is 2.56. The van der Waals surface area contributed by atoms with Gasteiger partial charge >= 0.3 is 0 Å². The van der Waals surface area contributed by atoms with Crippen LogP contribution in [0.4, 0.5) is 5.82 Å². The number of carbonyl (C=O) groups is 2. The highest BCUT2D eigenvalue weighted by Crippen LogP contribution is 2.61. The van der Waals surface area contributed by atoms with Crippen molar-refractivity contribution in [1.29, 1.82) is 0 Å². The fourth-order valence-corrected chi connectivity index (χ4v) is 15.6. The van der Waals surface area contributed by atoms with E-state index in [1.807, 2.05) is 49.8 Å². The van der Waals surface area contributed by atoms with Gasteiger partial charge in [0.05, 0.1) is 29.6 Å². The molecule has 0 saturated heterocycles. The highest BCUT2D eigenvalue weighted by atomic mass is 16.5. The summed E-state index contributed by atoms with van der Waals surface area (Å²) in [4.78, 5) is 38.3. The first-order chi connectivity index (χ1) is 38.3. The number of hydrogen-bond donors (Lipinski definition) is 10. The summed E-state index contributed by atoms with van der Waals surface area (Å²) in [5.74, 6) is 3.79. The Hall–Kier alpha value is -6.40. The van der Waals surface area contributed by atoms with Gasteiger partial charge in [0.1, 0.15) is 29.5 Å². The number of ether oxygens (including phenoxy) is 1. The number of anilines is 1. The number of fused-ring (bicyclic) bond motifs is 9. The van der Waals surface area contributed by atoms with Crippen LogP contribution in [-0.2, 0) is 34.3 Å². The summed E-state index contributed by atoms with van der Waals surface area (Å²) in [5, 5.41) is 80.2. The van der Waals surface area contributed by atoms with E-state index in [-0.39, 0.29) is 65.8 Å². The highest BCUT2D eigenvalue weighted by molar-refractivity contribution is 6.05. The van der Waals surface area contributed by atoms with E-state index >= 15 is 9.59 Å². The number of ketones is 2. The van der Waals surface area contributed by atoms with Crippen LogP contribution in [0.5, 0.6) is 17.2 Å². The number of hydrogen-bond acceptors (Lipinski definition) is 11. The molecular formula is C66H76N4O9. The number of phenols is 2. The molecule has 3 aromatic carbocycles. The third kappa shape index (κ3) is 9.96. The van der Waals surface area contributed by atoms with Crippen LogP contribution in [0.15, 0.2) is 84.7 Å². The van der Waals surface area contributed by atoms with Crippen LogP contribution in [0.1, 0.15) is 164 Å². The molecule has 5 aliphatic carbocycles. The van der Waals surface area contributed by atoms with Crippen molar-refractivity contribution >= 4 is 29.5 Å². The van der Waals surface area contributed by atoms with Gasteiger partial charge in [-0.1, -0.05) is 67.2 Å². The number of Topliss-reactive ketones (excluding diaryl/α,β-unsaturated/α-hetero) is 2. The molecule has 79 heavy (non-hydrogen) atoms. The number of aliphatic hydroxyl groups excluding tert-OH is 3. The molecule has 2 aliphatic heterocycles. The zero-order valence-corrected chi connectivity index (χ0v) is 45.3. The smallest absolute Gasteiger partial charge is 0.163 e. The molecule has 5 aromatic rings. The van der Waals surface area contributed by atoms with Crippen molar-refractivity contribution in [3.8, 4) is 29.1 Å².